The van der Waals surface area contributed by atoms with Crippen molar-refractivity contribution in [2.75, 3.05) is 12.5 Å². The van der Waals surface area contributed by atoms with Crippen molar-refractivity contribution < 1.29 is 14.3 Å². The highest BCUT2D eigenvalue weighted by Gasteiger charge is 2.17. The Morgan fingerprint density at radius 2 is 2.14 bits per heavy atom. The smallest absolute Gasteiger partial charge is 0.350 e. The largest absolute Gasteiger partial charge is 0.465 e. The van der Waals surface area contributed by atoms with Gasteiger partial charge in [0.25, 0.3) is 0 Å². The molecule has 8 heteroatoms. The van der Waals surface area contributed by atoms with Crippen LogP contribution in [0, 0.1) is 11.3 Å². The monoisotopic (exact) mass is 319 g/mol. The highest BCUT2D eigenvalue weighted by Crippen LogP contribution is 2.23. The molecular formula is C13H9N3O3S2. The van der Waals surface area contributed by atoms with Crippen LogP contribution in [0.5, 0.6) is 0 Å². The zero-order valence-electron chi connectivity index (χ0n) is 10.8. The van der Waals surface area contributed by atoms with E-state index in [2.05, 4.69) is 15.3 Å². The Kier molecular flexibility index (Phi) is 4.81. The van der Waals surface area contributed by atoms with Gasteiger partial charge in [-0.25, -0.2) is 4.79 Å². The number of nitriles is 1. The van der Waals surface area contributed by atoms with Gasteiger partial charge >= 0.3 is 5.97 Å². The van der Waals surface area contributed by atoms with Gasteiger partial charge in [-0.2, -0.15) is 10.4 Å². The van der Waals surface area contributed by atoms with Crippen molar-refractivity contribution in [1.82, 2.24) is 0 Å². The molecule has 0 bridgehead atoms. The number of ether oxygens (including phenoxy) is 1. The van der Waals surface area contributed by atoms with Crippen LogP contribution in [0.2, 0.25) is 0 Å². The van der Waals surface area contributed by atoms with E-state index in [4.69, 9.17) is 5.26 Å². The second-order valence-electron chi connectivity index (χ2n) is 3.65. The molecule has 2 rings (SSSR count). The number of esters is 1. The van der Waals surface area contributed by atoms with E-state index in [1.165, 1.54) is 29.8 Å². The number of nitrogens with zero attached hydrogens (tertiary/aromatic N) is 2. The Bertz CT molecular complexity index is 726. The summed E-state index contributed by atoms with van der Waals surface area (Å²) in [4.78, 5) is 24.2. The summed E-state index contributed by atoms with van der Waals surface area (Å²) in [7, 11) is 1.27. The number of carbonyl (C=O) groups is 2. The molecule has 106 valence electrons. The number of anilines is 1. The van der Waals surface area contributed by atoms with Crippen LogP contribution < -0.4 is 5.43 Å². The molecule has 0 amide bonds. The maximum absolute atomic E-state index is 12.0. The molecule has 0 aliphatic rings. The van der Waals surface area contributed by atoms with Crippen molar-refractivity contribution in [3.8, 4) is 6.07 Å². The van der Waals surface area contributed by atoms with Crippen molar-refractivity contribution in [3.05, 3.63) is 38.7 Å². The lowest BCUT2D eigenvalue weighted by atomic mass is 10.2. The zero-order valence-corrected chi connectivity index (χ0v) is 12.5. The first-order valence-corrected chi connectivity index (χ1v) is 7.41. The van der Waals surface area contributed by atoms with Gasteiger partial charge in [0.15, 0.2) is 0 Å². The number of nitrogens with one attached hydrogen (secondary N) is 1. The van der Waals surface area contributed by atoms with Gasteiger partial charge in [0.1, 0.15) is 10.9 Å². The molecule has 0 fully saturated rings. The summed E-state index contributed by atoms with van der Waals surface area (Å²) in [5, 5.41) is 16.2. The molecule has 0 unspecified atom stereocenters. The molecule has 0 saturated carbocycles. The predicted molar refractivity (Wildman–Crippen MR) is 81.0 cm³/mol. The molecule has 21 heavy (non-hydrogen) atoms. The number of ketones is 1. The van der Waals surface area contributed by atoms with Gasteiger partial charge in [0.2, 0.25) is 11.5 Å². The van der Waals surface area contributed by atoms with Gasteiger partial charge in [-0.1, -0.05) is 6.07 Å². The van der Waals surface area contributed by atoms with Crippen LogP contribution in [0.25, 0.3) is 0 Å². The molecule has 0 radical (unpaired) electrons. The Labute approximate surface area is 128 Å². The lowest BCUT2D eigenvalue weighted by molar-refractivity contribution is 0.0607. The third kappa shape index (κ3) is 3.34. The van der Waals surface area contributed by atoms with E-state index >= 15 is 0 Å². The first-order chi connectivity index (χ1) is 10.2. The maximum Gasteiger partial charge on any atom is 0.350 e. The summed E-state index contributed by atoms with van der Waals surface area (Å²) >= 11 is 2.40. The van der Waals surface area contributed by atoms with Crippen molar-refractivity contribution in [2.24, 2.45) is 5.10 Å². The van der Waals surface area contributed by atoms with Crippen LogP contribution in [0.4, 0.5) is 5.69 Å². The van der Waals surface area contributed by atoms with Gasteiger partial charge in [0.05, 0.1) is 17.7 Å². The van der Waals surface area contributed by atoms with Gasteiger partial charge in [-0.15, -0.1) is 22.7 Å². The molecular weight excluding hydrogens is 310 g/mol. The third-order valence-corrected chi connectivity index (χ3v) is 4.15. The quantitative estimate of drug-likeness (QED) is 0.396. The molecule has 0 saturated heterocycles. The van der Waals surface area contributed by atoms with Crippen LogP contribution >= 0.6 is 22.7 Å². The molecule has 0 aromatic carbocycles. The standard InChI is InChI=1S/C13H9N3O3S2/c1-19-13(18)12-8(4-6-21-12)15-16-9(7-14)11(17)10-3-2-5-20-10/h2-6,15H,1H3. The minimum absolute atomic E-state index is 0.278. The predicted octanol–water partition coefficient (Wildman–Crippen LogP) is 2.77. The molecule has 2 aromatic heterocycles. The number of hydrogen-bond donors (Lipinski definition) is 1. The van der Waals surface area contributed by atoms with Gasteiger partial charge in [-0.3, -0.25) is 10.2 Å². The maximum atomic E-state index is 12.0. The molecule has 2 aromatic rings. The fraction of sp³-hybridized carbons (Fsp3) is 0.0769. The average molecular weight is 319 g/mol. The van der Waals surface area contributed by atoms with E-state index in [1.54, 1.807) is 35.0 Å². The minimum Gasteiger partial charge on any atom is -0.465 e. The second kappa shape index (κ2) is 6.78. The normalized spacial score (nSPS) is 10.8. The topological polar surface area (TPSA) is 91.5 Å². The molecule has 1 N–H and O–H groups in total. The zero-order chi connectivity index (χ0) is 15.2. The van der Waals surface area contributed by atoms with E-state index in [0.717, 1.165) is 0 Å². The summed E-state index contributed by atoms with van der Waals surface area (Å²) in [6, 6.07) is 6.70. The number of hydrogen-bond acceptors (Lipinski definition) is 8. The van der Waals surface area contributed by atoms with Gasteiger partial charge < -0.3 is 4.74 Å². The second-order valence-corrected chi connectivity index (χ2v) is 5.51. The fourth-order valence-electron chi connectivity index (χ4n) is 1.42. The molecule has 2 heterocycles. The van der Waals surface area contributed by atoms with Crippen LogP contribution in [0.3, 0.4) is 0 Å². The summed E-state index contributed by atoms with van der Waals surface area (Å²) in [6.45, 7) is 0. The minimum atomic E-state index is -0.509. The van der Waals surface area contributed by atoms with E-state index in [-0.39, 0.29) is 5.71 Å². The van der Waals surface area contributed by atoms with E-state index < -0.39 is 11.8 Å². The van der Waals surface area contributed by atoms with E-state index in [1.807, 2.05) is 0 Å². The highest BCUT2D eigenvalue weighted by atomic mass is 32.1. The lowest BCUT2D eigenvalue weighted by Gasteiger charge is -2.01. The van der Waals surface area contributed by atoms with Gasteiger partial charge in [0, 0.05) is 0 Å². The highest BCUT2D eigenvalue weighted by molar-refractivity contribution is 7.13. The molecule has 0 spiro atoms. The summed E-state index contributed by atoms with van der Waals surface area (Å²) in [5.41, 5.74) is 2.67. The van der Waals surface area contributed by atoms with Crippen LogP contribution in [-0.2, 0) is 4.74 Å². The first kappa shape index (κ1) is 14.9. The Morgan fingerprint density at radius 1 is 1.33 bits per heavy atom. The third-order valence-electron chi connectivity index (χ3n) is 2.39. The van der Waals surface area contributed by atoms with Crippen molar-refractivity contribution in [1.29, 1.82) is 5.26 Å². The number of methoxy groups -OCH3 is 1. The van der Waals surface area contributed by atoms with Crippen LogP contribution in [0.15, 0.2) is 34.1 Å². The number of rotatable bonds is 5. The van der Waals surface area contributed by atoms with Crippen molar-refractivity contribution in [2.45, 2.75) is 0 Å². The summed E-state index contributed by atoms with van der Waals surface area (Å²) < 4.78 is 4.63. The summed E-state index contributed by atoms with van der Waals surface area (Å²) in [6.07, 6.45) is 0. The van der Waals surface area contributed by atoms with Crippen LogP contribution in [0.1, 0.15) is 19.3 Å². The van der Waals surface area contributed by atoms with Crippen LogP contribution in [-0.4, -0.2) is 24.6 Å². The molecule has 0 atom stereocenters. The Morgan fingerprint density at radius 3 is 2.76 bits per heavy atom. The average Bonchev–Trinajstić information content (AvgIpc) is 3.18. The lowest BCUT2D eigenvalue weighted by Crippen LogP contribution is -2.13. The van der Waals surface area contributed by atoms with Crippen molar-refractivity contribution >= 4 is 45.8 Å². The fourth-order valence-corrected chi connectivity index (χ4v) is 2.84. The van der Waals surface area contributed by atoms with Gasteiger partial charge in [-0.05, 0) is 22.9 Å². The Hall–Kier alpha value is -2.50. The SMILES string of the molecule is COC(=O)c1sccc1NN=C(C#N)C(=O)c1cccs1. The van der Waals surface area contributed by atoms with Crippen molar-refractivity contribution in [3.63, 3.8) is 0 Å². The Balaban J connectivity index is 2.20. The number of thiophene rings is 2. The molecule has 0 aliphatic heterocycles. The first-order valence-electron chi connectivity index (χ1n) is 5.65. The number of hydrazone groups is 1. The van der Waals surface area contributed by atoms with E-state index in [9.17, 15) is 9.59 Å². The molecule has 6 nitrogen and oxygen atoms in total. The number of Topliss-reactive ketones (excluding diaryl/α,β-unsaturated/α-hetero) is 1. The number of carbonyl (C=O) groups excluding carboxylic acids is 2. The summed E-state index contributed by atoms with van der Waals surface area (Å²) in [5.74, 6) is -0.972. The van der Waals surface area contributed by atoms with E-state index in [0.29, 0.717) is 15.4 Å². The molecule has 0 aliphatic carbocycles.